The maximum absolute atomic E-state index is 12.7. The van der Waals surface area contributed by atoms with Crippen molar-refractivity contribution < 1.29 is 17.9 Å². The Labute approximate surface area is 178 Å². The van der Waals surface area contributed by atoms with Gasteiger partial charge in [-0.05, 0) is 31.0 Å². The Kier molecular flexibility index (Phi) is 5.92. The molecule has 1 fully saturated rings. The Hall–Kier alpha value is -1.93. The zero-order chi connectivity index (χ0) is 20.4. The van der Waals surface area contributed by atoms with Crippen LogP contribution >= 0.6 is 22.9 Å². The average Bonchev–Trinajstić information content (AvgIpc) is 3.08. The molecule has 0 saturated carbocycles. The molecule has 8 heteroatoms. The van der Waals surface area contributed by atoms with E-state index in [1.54, 1.807) is 30.3 Å². The molecule has 152 valence electrons. The lowest BCUT2D eigenvalue weighted by molar-refractivity contribution is -0.151. The van der Waals surface area contributed by atoms with Gasteiger partial charge in [0.2, 0.25) is 10.0 Å². The zero-order valence-corrected chi connectivity index (χ0v) is 18.0. The van der Waals surface area contributed by atoms with Gasteiger partial charge >= 0.3 is 5.97 Å². The largest absolute Gasteiger partial charge is 0.460 e. The number of rotatable bonds is 5. The standard InChI is InChI=1S/C21H20ClNO4S2/c22-20-17-8-4-5-9-18(17)28-19(20)14-27-21(24)15-10-12-23(13-11-15)29(25,26)16-6-2-1-3-7-16/h1-9,15H,10-14H2. The third kappa shape index (κ3) is 4.19. The summed E-state index contributed by atoms with van der Waals surface area (Å²) in [6.07, 6.45) is 0.899. The minimum atomic E-state index is -3.52. The summed E-state index contributed by atoms with van der Waals surface area (Å²) in [7, 11) is -3.52. The van der Waals surface area contributed by atoms with E-state index in [9.17, 15) is 13.2 Å². The van der Waals surface area contributed by atoms with Crippen molar-refractivity contribution in [3.05, 3.63) is 64.5 Å². The molecular formula is C21H20ClNO4S2. The summed E-state index contributed by atoms with van der Waals surface area (Å²) >= 11 is 7.92. The molecule has 1 aromatic heterocycles. The number of hydrogen-bond donors (Lipinski definition) is 0. The van der Waals surface area contributed by atoms with Gasteiger partial charge in [0.1, 0.15) is 6.61 Å². The van der Waals surface area contributed by atoms with Crippen molar-refractivity contribution in [1.29, 1.82) is 0 Å². The van der Waals surface area contributed by atoms with Gasteiger partial charge in [0.05, 0.1) is 20.7 Å². The van der Waals surface area contributed by atoms with E-state index in [0.717, 1.165) is 15.0 Å². The molecule has 0 N–H and O–H groups in total. The minimum Gasteiger partial charge on any atom is -0.460 e. The summed E-state index contributed by atoms with van der Waals surface area (Å²) in [4.78, 5) is 13.6. The molecule has 0 amide bonds. The normalized spacial score (nSPS) is 16.2. The van der Waals surface area contributed by atoms with E-state index in [-0.39, 0.29) is 23.4 Å². The summed E-state index contributed by atoms with van der Waals surface area (Å²) in [6, 6.07) is 16.2. The fourth-order valence-electron chi connectivity index (χ4n) is 3.49. The number of nitrogens with zero attached hydrogens (tertiary/aromatic N) is 1. The number of benzene rings is 2. The highest BCUT2D eigenvalue weighted by Gasteiger charge is 2.32. The van der Waals surface area contributed by atoms with Crippen LogP contribution in [0.25, 0.3) is 10.1 Å². The van der Waals surface area contributed by atoms with Crippen LogP contribution < -0.4 is 0 Å². The van der Waals surface area contributed by atoms with Crippen molar-refractivity contribution in [3.63, 3.8) is 0 Å². The summed E-state index contributed by atoms with van der Waals surface area (Å²) in [6.45, 7) is 0.751. The Morgan fingerprint density at radius 3 is 2.41 bits per heavy atom. The summed E-state index contributed by atoms with van der Waals surface area (Å²) < 4.78 is 33.4. The van der Waals surface area contributed by atoms with Gasteiger partial charge in [0, 0.05) is 23.2 Å². The first-order valence-corrected chi connectivity index (χ1v) is 12.0. The smallest absolute Gasteiger partial charge is 0.309 e. The van der Waals surface area contributed by atoms with Gasteiger partial charge in [-0.15, -0.1) is 11.3 Å². The number of ether oxygens (including phenoxy) is 1. The van der Waals surface area contributed by atoms with Crippen LogP contribution in [-0.4, -0.2) is 31.8 Å². The van der Waals surface area contributed by atoms with E-state index in [0.29, 0.717) is 31.0 Å². The van der Waals surface area contributed by atoms with Gasteiger partial charge < -0.3 is 4.74 Å². The molecule has 4 rings (SSSR count). The molecule has 1 aliphatic rings. The van der Waals surface area contributed by atoms with Crippen LogP contribution in [0.1, 0.15) is 17.7 Å². The zero-order valence-electron chi connectivity index (χ0n) is 15.6. The third-order valence-electron chi connectivity index (χ3n) is 5.12. The summed E-state index contributed by atoms with van der Waals surface area (Å²) in [5.41, 5.74) is 0. The number of sulfonamides is 1. The lowest BCUT2D eigenvalue weighted by Crippen LogP contribution is -2.40. The van der Waals surface area contributed by atoms with E-state index in [1.165, 1.54) is 15.6 Å². The molecule has 3 aromatic rings. The van der Waals surface area contributed by atoms with E-state index in [1.807, 2.05) is 24.3 Å². The highest BCUT2D eigenvalue weighted by Crippen LogP contribution is 2.36. The van der Waals surface area contributed by atoms with Crippen molar-refractivity contribution in [1.82, 2.24) is 4.31 Å². The van der Waals surface area contributed by atoms with Gasteiger partial charge in [0.25, 0.3) is 0 Å². The predicted molar refractivity (Wildman–Crippen MR) is 115 cm³/mol. The number of carbonyl (C=O) groups is 1. The van der Waals surface area contributed by atoms with Crippen LogP contribution in [0, 0.1) is 5.92 Å². The molecule has 29 heavy (non-hydrogen) atoms. The molecule has 5 nitrogen and oxygen atoms in total. The molecule has 0 bridgehead atoms. The second-order valence-corrected chi connectivity index (χ2v) is 10.4. The first kappa shape index (κ1) is 20.3. The lowest BCUT2D eigenvalue weighted by Gasteiger charge is -2.30. The Morgan fingerprint density at radius 2 is 1.72 bits per heavy atom. The Balaban J connectivity index is 1.35. The Morgan fingerprint density at radius 1 is 1.07 bits per heavy atom. The quantitative estimate of drug-likeness (QED) is 0.529. The molecular weight excluding hydrogens is 430 g/mol. The lowest BCUT2D eigenvalue weighted by atomic mass is 9.98. The Bertz CT molecular complexity index is 1120. The van der Waals surface area contributed by atoms with Crippen LogP contribution in [0.15, 0.2) is 59.5 Å². The first-order chi connectivity index (χ1) is 14.0. The van der Waals surface area contributed by atoms with Crippen molar-refractivity contribution in [2.24, 2.45) is 5.92 Å². The van der Waals surface area contributed by atoms with Crippen LogP contribution in [-0.2, 0) is 26.2 Å². The highest BCUT2D eigenvalue weighted by atomic mass is 35.5. The molecule has 0 unspecified atom stereocenters. The number of esters is 1. The van der Waals surface area contributed by atoms with Crippen LogP contribution in [0.5, 0.6) is 0 Å². The van der Waals surface area contributed by atoms with Crippen LogP contribution in [0.4, 0.5) is 0 Å². The second-order valence-electron chi connectivity index (χ2n) is 6.93. The number of halogens is 1. The predicted octanol–water partition coefficient (Wildman–Crippen LogP) is 4.70. The van der Waals surface area contributed by atoms with Crippen LogP contribution in [0.3, 0.4) is 0 Å². The number of fused-ring (bicyclic) bond motifs is 1. The number of thiophene rings is 1. The molecule has 0 aliphatic carbocycles. The van der Waals surface area contributed by atoms with Crippen molar-refractivity contribution >= 4 is 49.0 Å². The second kappa shape index (κ2) is 8.44. The highest BCUT2D eigenvalue weighted by molar-refractivity contribution is 7.89. The third-order valence-corrected chi connectivity index (χ3v) is 8.72. The molecule has 0 spiro atoms. The molecule has 0 radical (unpaired) electrons. The van der Waals surface area contributed by atoms with E-state index >= 15 is 0 Å². The van der Waals surface area contributed by atoms with Gasteiger partial charge in [-0.3, -0.25) is 4.79 Å². The number of carbonyl (C=O) groups excluding carboxylic acids is 1. The number of hydrogen-bond acceptors (Lipinski definition) is 5. The van der Waals surface area contributed by atoms with Crippen molar-refractivity contribution in [2.45, 2.75) is 24.3 Å². The SMILES string of the molecule is O=C(OCc1sc2ccccc2c1Cl)C1CCN(S(=O)(=O)c2ccccc2)CC1. The fourth-order valence-corrected chi connectivity index (χ4v) is 6.38. The minimum absolute atomic E-state index is 0.138. The average molecular weight is 450 g/mol. The van der Waals surface area contributed by atoms with E-state index < -0.39 is 10.0 Å². The molecule has 1 saturated heterocycles. The van der Waals surface area contributed by atoms with Gasteiger partial charge in [-0.2, -0.15) is 4.31 Å². The van der Waals surface area contributed by atoms with Gasteiger partial charge in [0.15, 0.2) is 0 Å². The van der Waals surface area contributed by atoms with E-state index in [2.05, 4.69) is 0 Å². The van der Waals surface area contributed by atoms with Crippen molar-refractivity contribution in [3.8, 4) is 0 Å². The topological polar surface area (TPSA) is 63.7 Å². The van der Waals surface area contributed by atoms with Gasteiger partial charge in [-0.25, -0.2) is 8.42 Å². The molecule has 0 atom stereocenters. The maximum Gasteiger partial charge on any atom is 0.309 e. The van der Waals surface area contributed by atoms with E-state index in [4.69, 9.17) is 16.3 Å². The maximum atomic E-state index is 12.7. The molecule has 1 aliphatic heterocycles. The van der Waals surface area contributed by atoms with Gasteiger partial charge in [-0.1, -0.05) is 48.0 Å². The molecule has 2 heterocycles. The first-order valence-electron chi connectivity index (χ1n) is 9.34. The number of piperidine rings is 1. The van der Waals surface area contributed by atoms with Crippen LogP contribution in [0.2, 0.25) is 5.02 Å². The summed E-state index contributed by atoms with van der Waals surface area (Å²) in [5, 5.41) is 1.59. The fraction of sp³-hybridized carbons (Fsp3) is 0.286. The monoisotopic (exact) mass is 449 g/mol. The molecule has 2 aromatic carbocycles. The summed E-state index contributed by atoms with van der Waals surface area (Å²) in [5.74, 6) is -0.597. The van der Waals surface area contributed by atoms with Crippen molar-refractivity contribution in [2.75, 3.05) is 13.1 Å².